The lowest BCUT2D eigenvalue weighted by Gasteiger charge is -2.17. The second kappa shape index (κ2) is 6.76. The fourth-order valence-electron chi connectivity index (χ4n) is 3.07. The number of aryl methyl sites for hydroxylation is 1. The first-order valence-electron chi connectivity index (χ1n) is 8.30. The molecule has 7 heteroatoms. The molecule has 0 fully saturated rings. The molecule has 3 aromatic rings. The van der Waals surface area contributed by atoms with Crippen molar-refractivity contribution in [1.82, 2.24) is 5.16 Å². The number of nitrogens with zero attached hydrogens (tertiary/aromatic N) is 2. The first-order chi connectivity index (χ1) is 12.6. The number of aromatic nitrogens is 1. The minimum absolute atomic E-state index is 0.000277. The van der Waals surface area contributed by atoms with Gasteiger partial charge in [-0.1, -0.05) is 17.3 Å². The molecule has 0 spiro atoms. The Morgan fingerprint density at radius 1 is 1.31 bits per heavy atom. The normalized spacial score (nSPS) is 12.9. The maximum absolute atomic E-state index is 12.7. The summed E-state index contributed by atoms with van der Waals surface area (Å²) in [6, 6.07) is 11.1. The highest BCUT2D eigenvalue weighted by Gasteiger charge is 2.26. The Morgan fingerprint density at radius 3 is 2.92 bits per heavy atom. The molecule has 0 saturated heterocycles. The summed E-state index contributed by atoms with van der Waals surface area (Å²) in [5, 5.41) is 8.59. The number of amides is 2. The number of hydrogen-bond acceptors (Lipinski definition) is 5. The van der Waals surface area contributed by atoms with Crippen LogP contribution < -0.4 is 10.2 Å². The van der Waals surface area contributed by atoms with Gasteiger partial charge in [-0.2, -0.15) is 0 Å². The predicted molar refractivity (Wildman–Crippen MR) is 99.7 cm³/mol. The molecule has 2 amide bonds. The average Bonchev–Trinajstić information content (AvgIpc) is 3.35. The molecule has 26 heavy (non-hydrogen) atoms. The third kappa shape index (κ3) is 3.25. The highest BCUT2D eigenvalue weighted by Crippen LogP contribution is 2.32. The molecule has 4 rings (SSSR count). The van der Waals surface area contributed by atoms with E-state index in [9.17, 15) is 9.59 Å². The molecule has 132 valence electrons. The van der Waals surface area contributed by atoms with Crippen LogP contribution in [-0.2, 0) is 17.6 Å². The van der Waals surface area contributed by atoms with Gasteiger partial charge in [0.25, 0.3) is 5.91 Å². The standard InChI is InChI=1S/C19H17N3O3S/c1-12-9-15(21-25-12)11-18(23)20-14-5-4-13-6-7-22(16(13)10-14)19(24)17-3-2-8-26-17/h2-5,8-10H,6-7,11H2,1H3,(H,20,23). The summed E-state index contributed by atoms with van der Waals surface area (Å²) >= 11 is 1.43. The number of fused-ring (bicyclic) bond motifs is 1. The molecule has 1 aromatic carbocycles. The lowest BCUT2D eigenvalue weighted by Crippen LogP contribution is -2.28. The molecule has 1 aliphatic rings. The van der Waals surface area contributed by atoms with Gasteiger partial charge in [-0.15, -0.1) is 11.3 Å². The van der Waals surface area contributed by atoms with E-state index in [2.05, 4.69) is 10.5 Å². The summed E-state index contributed by atoms with van der Waals surface area (Å²) in [6.07, 6.45) is 0.963. The topological polar surface area (TPSA) is 75.4 Å². The van der Waals surface area contributed by atoms with Crippen LogP contribution in [0.5, 0.6) is 0 Å². The molecule has 0 atom stereocenters. The van der Waals surface area contributed by atoms with Crippen LogP contribution in [0.1, 0.15) is 26.7 Å². The molecule has 0 aliphatic carbocycles. The second-order valence-corrected chi connectivity index (χ2v) is 7.13. The van der Waals surface area contributed by atoms with E-state index in [0.29, 0.717) is 28.6 Å². The summed E-state index contributed by atoms with van der Waals surface area (Å²) in [6.45, 7) is 2.44. The van der Waals surface area contributed by atoms with Gasteiger partial charge >= 0.3 is 0 Å². The molecular formula is C19H17N3O3S. The van der Waals surface area contributed by atoms with Crippen molar-refractivity contribution in [2.24, 2.45) is 0 Å². The van der Waals surface area contributed by atoms with E-state index in [1.165, 1.54) is 11.3 Å². The smallest absolute Gasteiger partial charge is 0.268 e. The van der Waals surface area contributed by atoms with Crippen LogP contribution in [0.25, 0.3) is 0 Å². The molecule has 6 nitrogen and oxygen atoms in total. The van der Waals surface area contributed by atoms with E-state index >= 15 is 0 Å². The van der Waals surface area contributed by atoms with Gasteiger partial charge in [-0.3, -0.25) is 9.59 Å². The first-order valence-corrected chi connectivity index (χ1v) is 9.18. The first kappa shape index (κ1) is 16.5. The van der Waals surface area contributed by atoms with Crippen LogP contribution in [0, 0.1) is 6.92 Å². The summed E-state index contributed by atoms with van der Waals surface area (Å²) in [5.74, 6) is 0.501. The van der Waals surface area contributed by atoms with Gasteiger partial charge < -0.3 is 14.7 Å². The summed E-state index contributed by atoms with van der Waals surface area (Å²) in [5.41, 5.74) is 3.23. The highest BCUT2D eigenvalue weighted by molar-refractivity contribution is 7.12. The molecule has 0 radical (unpaired) electrons. The number of rotatable bonds is 4. The number of carbonyl (C=O) groups is 2. The molecule has 0 saturated carbocycles. The zero-order valence-corrected chi connectivity index (χ0v) is 15.0. The van der Waals surface area contributed by atoms with Crippen molar-refractivity contribution in [3.8, 4) is 0 Å². The fraction of sp³-hybridized carbons (Fsp3) is 0.211. The predicted octanol–water partition coefficient (Wildman–Crippen LogP) is 3.43. The van der Waals surface area contributed by atoms with Crippen LogP contribution in [0.15, 0.2) is 46.3 Å². The van der Waals surface area contributed by atoms with Crippen LogP contribution in [-0.4, -0.2) is 23.5 Å². The molecule has 3 heterocycles. The van der Waals surface area contributed by atoms with Gasteiger partial charge in [0.1, 0.15) is 5.76 Å². The second-order valence-electron chi connectivity index (χ2n) is 6.18. The maximum Gasteiger partial charge on any atom is 0.268 e. The summed E-state index contributed by atoms with van der Waals surface area (Å²) in [4.78, 5) is 27.4. The molecule has 0 unspecified atom stereocenters. The number of benzene rings is 1. The van der Waals surface area contributed by atoms with Crippen molar-refractivity contribution in [1.29, 1.82) is 0 Å². The Bertz CT molecular complexity index is 962. The van der Waals surface area contributed by atoms with Crippen molar-refractivity contribution >= 4 is 34.5 Å². The molecular weight excluding hydrogens is 350 g/mol. The van der Waals surface area contributed by atoms with Gasteiger partial charge in [0.2, 0.25) is 5.91 Å². The van der Waals surface area contributed by atoms with Gasteiger partial charge in [0.05, 0.1) is 17.0 Å². The maximum atomic E-state index is 12.7. The Hall–Kier alpha value is -2.93. The Labute approximate surface area is 154 Å². The van der Waals surface area contributed by atoms with Gasteiger partial charge in [0.15, 0.2) is 0 Å². The van der Waals surface area contributed by atoms with E-state index in [1.54, 1.807) is 17.9 Å². The van der Waals surface area contributed by atoms with E-state index in [-0.39, 0.29) is 18.2 Å². The lowest BCUT2D eigenvalue weighted by atomic mass is 10.1. The Kier molecular flexibility index (Phi) is 4.30. The largest absolute Gasteiger partial charge is 0.361 e. The number of thiophene rings is 1. The minimum atomic E-state index is -0.174. The van der Waals surface area contributed by atoms with E-state index in [0.717, 1.165) is 17.7 Å². The van der Waals surface area contributed by atoms with Gasteiger partial charge in [0, 0.05) is 24.0 Å². The lowest BCUT2D eigenvalue weighted by molar-refractivity contribution is -0.115. The number of anilines is 2. The number of nitrogens with one attached hydrogen (secondary N) is 1. The highest BCUT2D eigenvalue weighted by atomic mass is 32.1. The molecule has 2 aromatic heterocycles. The minimum Gasteiger partial charge on any atom is -0.361 e. The zero-order chi connectivity index (χ0) is 18.1. The zero-order valence-electron chi connectivity index (χ0n) is 14.2. The number of carbonyl (C=O) groups excluding carboxylic acids is 2. The van der Waals surface area contributed by atoms with Crippen molar-refractivity contribution < 1.29 is 14.1 Å². The van der Waals surface area contributed by atoms with E-state index in [4.69, 9.17) is 4.52 Å². The molecule has 1 aliphatic heterocycles. The van der Waals surface area contributed by atoms with Crippen molar-refractivity contribution in [3.63, 3.8) is 0 Å². The van der Waals surface area contributed by atoms with Crippen molar-refractivity contribution in [3.05, 3.63) is 63.7 Å². The van der Waals surface area contributed by atoms with Crippen LogP contribution in [0.4, 0.5) is 11.4 Å². The van der Waals surface area contributed by atoms with Crippen molar-refractivity contribution in [2.45, 2.75) is 19.8 Å². The average molecular weight is 367 g/mol. The molecule has 0 bridgehead atoms. The third-order valence-electron chi connectivity index (χ3n) is 4.26. The van der Waals surface area contributed by atoms with Gasteiger partial charge in [-0.05, 0) is 42.5 Å². The van der Waals surface area contributed by atoms with Gasteiger partial charge in [-0.25, -0.2) is 0 Å². The summed E-state index contributed by atoms with van der Waals surface area (Å²) < 4.78 is 4.98. The monoisotopic (exact) mass is 367 g/mol. The fourth-order valence-corrected chi connectivity index (χ4v) is 3.74. The van der Waals surface area contributed by atoms with Crippen LogP contribution in [0.2, 0.25) is 0 Å². The van der Waals surface area contributed by atoms with Crippen LogP contribution >= 0.6 is 11.3 Å². The third-order valence-corrected chi connectivity index (χ3v) is 5.12. The van der Waals surface area contributed by atoms with Crippen LogP contribution in [0.3, 0.4) is 0 Å². The van der Waals surface area contributed by atoms with Crippen molar-refractivity contribution in [2.75, 3.05) is 16.8 Å². The Morgan fingerprint density at radius 2 is 2.19 bits per heavy atom. The SMILES string of the molecule is Cc1cc(CC(=O)Nc2ccc3c(c2)N(C(=O)c2cccs2)CC3)no1. The quantitative estimate of drug-likeness (QED) is 0.767. The molecule has 1 N–H and O–H groups in total. The van der Waals surface area contributed by atoms with E-state index < -0.39 is 0 Å². The summed E-state index contributed by atoms with van der Waals surface area (Å²) in [7, 11) is 0. The Balaban J connectivity index is 1.50. The number of hydrogen-bond donors (Lipinski definition) is 1. The van der Waals surface area contributed by atoms with E-state index in [1.807, 2.05) is 35.7 Å².